The highest BCUT2D eigenvalue weighted by molar-refractivity contribution is 6.33. The summed E-state index contributed by atoms with van der Waals surface area (Å²) in [5.74, 6) is 0. The molecule has 0 saturated heterocycles. The van der Waals surface area contributed by atoms with Crippen LogP contribution in [0, 0.1) is 0 Å². The van der Waals surface area contributed by atoms with Crippen LogP contribution in [0.15, 0.2) is 186 Å². The summed E-state index contributed by atoms with van der Waals surface area (Å²) in [7, 11) is 0. The summed E-state index contributed by atoms with van der Waals surface area (Å²) in [6, 6.07) is 66.4. The molecule has 236 valence electrons. The molecular formula is C50H30O. The molecule has 0 atom stereocenters. The van der Waals surface area contributed by atoms with Gasteiger partial charge in [0.1, 0.15) is 11.2 Å². The number of fused-ring (bicyclic) bond motifs is 11. The third-order valence-corrected chi connectivity index (χ3v) is 10.8. The molecule has 11 rings (SSSR count). The van der Waals surface area contributed by atoms with Crippen LogP contribution >= 0.6 is 0 Å². The van der Waals surface area contributed by atoms with Gasteiger partial charge in [-0.2, -0.15) is 0 Å². The fourth-order valence-corrected chi connectivity index (χ4v) is 8.70. The van der Waals surface area contributed by atoms with Crippen LogP contribution in [0.3, 0.4) is 0 Å². The molecule has 0 spiro atoms. The van der Waals surface area contributed by atoms with E-state index in [1.54, 1.807) is 0 Å². The van der Waals surface area contributed by atoms with Crippen molar-refractivity contribution in [3.05, 3.63) is 182 Å². The van der Waals surface area contributed by atoms with E-state index in [0.29, 0.717) is 0 Å². The van der Waals surface area contributed by atoms with Crippen LogP contribution < -0.4 is 0 Å². The van der Waals surface area contributed by atoms with Gasteiger partial charge in [0.25, 0.3) is 0 Å². The van der Waals surface area contributed by atoms with Crippen molar-refractivity contribution in [1.29, 1.82) is 0 Å². The van der Waals surface area contributed by atoms with E-state index in [4.69, 9.17) is 4.42 Å². The Morgan fingerprint density at radius 2 is 0.725 bits per heavy atom. The van der Waals surface area contributed by atoms with E-state index >= 15 is 0 Å². The van der Waals surface area contributed by atoms with Crippen LogP contribution in [0.4, 0.5) is 0 Å². The largest absolute Gasteiger partial charge is 0.456 e. The summed E-state index contributed by atoms with van der Waals surface area (Å²) in [5, 5.41) is 14.9. The molecule has 0 saturated carbocycles. The highest BCUT2D eigenvalue weighted by Crippen LogP contribution is 2.51. The molecule has 1 heterocycles. The maximum absolute atomic E-state index is 6.26. The first-order chi connectivity index (χ1) is 25.3. The average Bonchev–Trinajstić information content (AvgIpc) is 3.58. The van der Waals surface area contributed by atoms with Gasteiger partial charge in [0.15, 0.2) is 0 Å². The lowest BCUT2D eigenvalue weighted by Crippen LogP contribution is -1.95. The lowest BCUT2D eigenvalue weighted by atomic mass is 9.80. The molecule has 0 bridgehead atoms. The van der Waals surface area contributed by atoms with Gasteiger partial charge in [-0.3, -0.25) is 0 Å². The second kappa shape index (κ2) is 10.9. The van der Waals surface area contributed by atoms with Crippen molar-refractivity contribution in [2.75, 3.05) is 0 Å². The van der Waals surface area contributed by atoms with Gasteiger partial charge in [0.2, 0.25) is 0 Å². The van der Waals surface area contributed by atoms with Gasteiger partial charge < -0.3 is 4.42 Å². The Labute approximate surface area is 294 Å². The topological polar surface area (TPSA) is 13.1 Å². The SMILES string of the molecule is c1ccc(-c2ccc3c4ccccc4c4ccccc4c3c2-c2c3ccccc3c(-c3ccc4oc5ccccc5c4c3)c3ccccc23)cc1. The first-order valence-electron chi connectivity index (χ1n) is 17.6. The predicted octanol–water partition coefficient (Wildman–Crippen LogP) is 14.4. The summed E-state index contributed by atoms with van der Waals surface area (Å²) in [6.07, 6.45) is 0. The number of hydrogen-bond donors (Lipinski definition) is 0. The van der Waals surface area contributed by atoms with Gasteiger partial charge in [-0.1, -0.05) is 164 Å². The lowest BCUT2D eigenvalue weighted by molar-refractivity contribution is 0.669. The quantitative estimate of drug-likeness (QED) is 0.138. The van der Waals surface area contributed by atoms with Crippen LogP contribution in [0.25, 0.3) is 109 Å². The minimum atomic E-state index is 0.910. The Balaban J connectivity index is 1.35. The number of benzene rings is 10. The monoisotopic (exact) mass is 646 g/mol. The molecular weight excluding hydrogens is 617 g/mol. The third kappa shape index (κ3) is 4.09. The van der Waals surface area contributed by atoms with Crippen molar-refractivity contribution >= 4 is 75.8 Å². The van der Waals surface area contributed by atoms with E-state index in [-0.39, 0.29) is 0 Å². The van der Waals surface area contributed by atoms with Gasteiger partial charge >= 0.3 is 0 Å². The molecule has 11 aromatic rings. The Morgan fingerprint density at radius 3 is 1.37 bits per heavy atom. The van der Waals surface area contributed by atoms with E-state index in [9.17, 15) is 0 Å². The second-order valence-electron chi connectivity index (χ2n) is 13.5. The molecule has 0 radical (unpaired) electrons. The van der Waals surface area contributed by atoms with Crippen LogP contribution in [0.5, 0.6) is 0 Å². The van der Waals surface area contributed by atoms with Crippen molar-refractivity contribution in [3.63, 3.8) is 0 Å². The van der Waals surface area contributed by atoms with Crippen LogP contribution in [-0.4, -0.2) is 0 Å². The number of rotatable bonds is 3. The molecule has 0 N–H and O–H groups in total. The number of para-hydroxylation sites is 1. The van der Waals surface area contributed by atoms with Crippen molar-refractivity contribution in [1.82, 2.24) is 0 Å². The Kier molecular flexibility index (Phi) is 6.02. The molecule has 0 unspecified atom stereocenters. The zero-order chi connectivity index (χ0) is 33.5. The van der Waals surface area contributed by atoms with E-state index in [0.717, 1.165) is 21.9 Å². The van der Waals surface area contributed by atoms with Crippen molar-refractivity contribution in [2.45, 2.75) is 0 Å². The number of furan rings is 1. The van der Waals surface area contributed by atoms with Crippen LogP contribution in [0.2, 0.25) is 0 Å². The Hall–Kier alpha value is -6.70. The standard InChI is InChI=1S/C50H30O/c1-2-14-31(15-3-1)33-27-28-43-36-18-5-4-16-34(36)35-17-6-7-20-38(35)48(43)50(33)49-41-23-10-8-21-39(41)47(40-22-9-11-24-42(40)49)32-26-29-46-44(30-32)37-19-12-13-25-45(37)51-46/h1-30H. The van der Waals surface area contributed by atoms with Crippen LogP contribution in [-0.2, 0) is 0 Å². The Morgan fingerprint density at radius 1 is 0.255 bits per heavy atom. The van der Waals surface area contributed by atoms with E-state index in [1.807, 2.05) is 6.07 Å². The van der Waals surface area contributed by atoms with Gasteiger partial charge in [0.05, 0.1) is 0 Å². The highest BCUT2D eigenvalue weighted by Gasteiger charge is 2.23. The predicted molar refractivity (Wildman–Crippen MR) is 218 cm³/mol. The maximum Gasteiger partial charge on any atom is 0.135 e. The van der Waals surface area contributed by atoms with Crippen molar-refractivity contribution < 1.29 is 4.42 Å². The lowest BCUT2D eigenvalue weighted by Gasteiger charge is -2.23. The zero-order valence-electron chi connectivity index (χ0n) is 27.7. The van der Waals surface area contributed by atoms with Crippen LogP contribution in [0.1, 0.15) is 0 Å². The van der Waals surface area contributed by atoms with Gasteiger partial charge in [-0.05, 0) is 105 Å². The molecule has 1 aromatic heterocycles. The summed E-state index contributed by atoms with van der Waals surface area (Å²) in [5.41, 5.74) is 9.24. The van der Waals surface area contributed by atoms with Crippen molar-refractivity contribution in [2.24, 2.45) is 0 Å². The molecule has 0 aliphatic carbocycles. The molecule has 51 heavy (non-hydrogen) atoms. The fraction of sp³-hybridized carbons (Fsp3) is 0. The Bertz CT molecular complexity index is 3090. The average molecular weight is 647 g/mol. The summed E-state index contributed by atoms with van der Waals surface area (Å²) >= 11 is 0. The molecule has 0 fully saturated rings. The maximum atomic E-state index is 6.26. The summed E-state index contributed by atoms with van der Waals surface area (Å²) in [4.78, 5) is 0. The normalized spacial score (nSPS) is 11.9. The molecule has 0 amide bonds. The van der Waals surface area contributed by atoms with Gasteiger partial charge in [-0.25, -0.2) is 0 Å². The van der Waals surface area contributed by atoms with E-state index in [1.165, 1.54) is 87.2 Å². The van der Waals surface area contributed by atoms with Gasteiger partial charge in [-0.15, -0.1) is 0 Å². The van der Waals surface area contributed by atoms with E-state index in [2.05, 4.69) is 176 Å². The van der Waals surface area contributed by atoms with E-state index < -0.39 is 0 Å². The molecule has 0 aliphatic rings. The second-order valence-corrected chi connectivity index (χ2v) is 13.5. The van der Waals surface area contributed by atoms with Gasteiger partial charge in [0, 0.05) is 10.8 Å². The molecule has 0 aliphatic heterocycles. The first kappa shape index (κ1) is 28.2. The first-order valence-corrected chi connectivity index (χ1v) is 17.6. The van der Waals surface area contributed by atoms with Crippen molar-refractivity contribution in [3.8, 4) is 33.4 Å². The molecule has 10 aromatic carbocycles. The minimum Gasteiger partial charge on any atom is -0.456 e. The molecule has 1 heteroatoms. The minimum absolute atomic E-state index is 0.910. The third-order valence-electron chi connectivity index (χ3n) is 10.8. The smallest absolute Gasteiger partial charge is 0.135 e. The zero-order valence-corrected chi connectivity index (χ0v) is 27.7. The highest BCUT2D eigenvalue weighted by atomic mass is 16.3. The fourth-order valence-electron chi connectivity index (χ4n) is 8.70. The summed E-state index contributed by atoms with van der Waals surface area (Å²) < 4.78 is 6.26. The number of hydrogen-bond acceptors (Lipinski definition) is 1. The summed E-state index contributed by atoms with van der Waals surface area (Å²) in [6.45, 7) is 0. The molecule has 1 nitrogen and oxygen atoms in total.